The number of likely N-dealkylation sites (N-methyl/N-ethyl adjacent to an activating group) is 1. The van der Waals surface area contributed by atoms with E-state index in [1.165, 1.54) is 4.88 Å². The van der Waals surface area contributed by atoms with Crippen LogP contribution in [0, 0.1) is 0 Å². The Hall–Kier alpha value is -0.870. The summed E-state index contributed by atoms with van der Waals surface area (Å²) in [7, 11) is 0. The van der Waals surface area contributed by atoms with E-state index in [1.807, 2.05) is 13.0 Å². The summed E-state index contributed by atoms with van der Waals surface area (Å²) in [6.45, 7) is 5.77. The third kappa shape index (κ3) is 2.44. The van der Waals surface area contributed by atoms with Gasteiger partial charge in [-0.1, -0.05) is 13.0 Å². The summed E-state index contributed by atoms with van der Waals surface area (Å²) in [4.78, 5) is 15.1. The van der Waals surface area contributed by atoms with Crippen LogP contribution in [0.15, 0.2) is 17.5 Å². The average molecular weight is 239 g/mol. The minimum atomic E-state index is -0.0640. The van der Waals surface area contributed by atoms with Crippen molar-refractivity contribution < 1.29 is 9.53 Å². The number of carbonyl (C=O) groups is 1. The van der Waals surface area contributed by atoms with Crippen LogP contribution in [-0.2, 0) is 16.1 Å². The van der Waals surface area contributed by atoms with Crippen molar-refractivity contribution in [3.05, 3.63) is 22.4 Å². The van der Waals surface area contributed by atoms with Crippen molar-refractivity contribution in [2.24, 2.45) is 0 Å². The van der Waals surface area contributed by atoms with E-state index in [2.05, 4.69) is 23.3 Å². The number of ether oxygens (including phenoxy) is 1. The van der Waals surface area contributed by atoms with E-state index >= 15 is 0 Å². The van der Waals surface area contributed by atoms with Crippen molar-refractivity contribution in [3.8, 4) is 0 Å². The van der Waals surface area contributed by atoms with Crippen LogP contribution in [0.5, 0.6) is 0 Å². The van der Waals surface area contributed by atoms with Gasteiger partial charge in [0.15, 0.2) is 0 Å². The SMILES string of the molecule is CCN(Cc1cccs1)[C@@H]1C[C@@H](C)OC1=O. The van der Waals surface area contributed by atoms with Crippen molar-refractivity contribution in [1.82, 2.24) is 4.90 Å². The number of hydrogen-bond acceptors (Lipinski definition) is 4. The first-order valence-electron chi connectivity index (χ1n) is 5.67. The van der Waals surface area contributed by atoms with E-state index in [9.17, 15) is 4.79 Å². The van der Waals surface area contributed by atoms with E-state index in [0.29, 0.717) is 0 Å². The molecule has 0 N–H and O–H groups in total. The van der Waals surface area contributed by atoms with Crippen LogP contribution >= 0.6 is 11.3 Å². The third-order valence-corrected chi connectivity index (χ3v) is 3.79. The number of rotatable bonds is 4. The third-order valence-electron chi connectivity index (χ3n) is 2.93. The highest BCUT2D eigenvalue weighted by molar-refractivity contribution is 7.09. The van der Waals surface area contributed by atoms with Crippen LogP contribution in [0.1, 0.15) is 25.1 Å². The molecule has 3 nitrogen and oxygen atoms in total. The van der Waals surface area contributed by atoms with E-state index in [0.717, 1.165) is 19.5 Å². The van der Waals surface area contributed by atoms with E-state index in [-0.39, 0.29) is 18.1 Å². The highest BCUT2D eigenvalue weighted by Crippen LogP contribution is 2.22. The maximum Gasteiger partial charge on any atom is 0.323 e. The lowest BCUT2D eigenvalue weighted by Gasteiger charge is -2.23. The fourth-order valence-corrected chi connectivity index (χ4v) is 2.81. The molecule has 0 amide bonds. The minimum Gasteiger partial charge on any atom is -0.461 e. The summed E-state index contributed by atoms with van der Waals surface area (Å²) in [5.74, 6) is -0.0640. The number of esters is 1. The number of carbonyl (C=O) groups excluding carboxylic acids is 1. The maximum absolute atomic E-state index is 11.7. The highest BCUT2D eigenvalue weighted by atomic mass is 32.1. The van der Waals surface area contributed by atoms with Crippen molar-refractivity contribution in [1.29, 1.82) is 0 Å². The Morgan fingerprint density at radius 2 is 2.44 bits per heavy atom. The van der Waals surface area contributed by atoms with Gasteiger partial charge in [0.1, 0.15) is 12.1 Å². The van der Waals surface area contributed by atoms with Gasteiger partial charge in [0, 0.05) is 17.8 Å². The molecule has 16 heavy (non-hydrogen) atoms. The Morgan fingerprint density at radius 1 is 1.62 bits per heavy atom. The standard InChI is InChI=1S/C12H17NO2S/c1-3-13(8-10-5-4-6-16-10)11-7-9(2)15-12(11)14/h4-6,9,11H,3,7-8H2,1-2H3/t9-,11-/m1/s1. The lowest BCUT2D eigenvalue weighted by molar-refractivity contribution is -0.144. The summed E-state index contributed by atoms with van der Waals surface area (Å²) >= 11 is 1.73. The second-order valence-electron chi connectivity index (χ2n) is 4.14. The van der Waals surface area contributed by atoms with E-state index in [1.54, 1.807) is 11.3 Å². The predicted molar refractivity (Wildman–Crippen MR) is 64.4 cm³/mol. The summed E-state index contributed by atoms with van der Waals surface area (Å²) in [5.41, 5.74) is 0. The van der Waals surface area contributed by atoms with Gasteiger partial charge in [-0.2, -0.15) is 0 Å². The lowest BCUT2D eigenvalue weighted by atomic mass is 10.1. The van der Waals surface area contributed by atoms with Gasteiger partial charge in [-0.15, -0.1) is 11.3 Å². The molecule has 1 fully saturated rings. The molecule has 4 heteroatoms. The molecule has 1 saturated heterocycles. The molecule has 0 aliphatic carbocycles. The minimum absolute atomic E-state index is 0.0536. The monoisotopic (exact) mass is 239 g/mol. The van der Waals surface area contributed by atoms with Gasteiger partial charge in [-0.3, -0.25) is 9.69 Å². The number of nitrogens with zero attached hydrogens (tertiary/aromatic N) is 1. The van der Waals surface area contributed by atoms with Gasteiger partial charge < -0.3 is 4.74 Å². The molecule has 0 aromatic carbocycles. The molecule has 0 spiro atoms. The molecule has 0 saturated carbocycles. The molecular weight excluding hydrogens is 222 g/mol. The second kappa shape index (κ2) is 4.97. The zero-order chi connectivity index (χ0) is 11.5. The first-order chi connectivity index (χ1) is 7.70. The zero-order valence-corrected chi connectivity index (χ0v) is 10.5. The number of hydrogen-bond donors (Lipinski definition) is 0. The quantitative estimate of drug-likeness (QED) is 0.755. The van der Waals surface area contributed by atoms with Crippen LogP contribution in [0.4, 0.5) is 0 Å². The molecule has 1 aliphatic rings. The molecule has 88 valence electrons. The molecule has 1 aliphatic heterocycles. The first-order valence-corrected chi connectivity index (χ1v) is 6.55. The smallest absolute Gasteiger partial charge is 0.323 e. The topological polar surface area (TPSA) is 29.5 Å². The molecule has 2 atom stereocenters. The summed E-state index contributed by atoms with van der Waals surface area (Å²) in [6.07, 6.45) is 0.882. The molecule has 0 radical (unpaired) electrons. The molecule has 0 bridgehead atoms. The molecular formula is C12H17NO2S. The summed E-state index contributed by atoms with van der Waals surface area (Å²) < 4.78 is 5.20. The predicted octanol–water partition coefficient (Wildman–Crippen LogP) is 2.27. The number of cyclic esters (lactones) is 1. The van der Waals surface area contributed by atoms with Crippen LogP contribution in [-0.4, -0.2) is 29.6 Å². The Balaban J connectivity index is 2.02. The fraction of sp³-hybridized carbons (Fsp3) is 0.583. The summed E-state index contributed by atoms with van der Waals surface area (Å²) in [6, 6.07) is 4.10. The Morgan fingerprint density at radius 3 is 2.94 bits per heavy atom. The molecule has 2 heterocycles. The lowest BCUT2D eigenvalue weighted by Crippen LogP contribution is -2.37. The average Bonchev–Trinajstić information content (AvgIpc) is 2.85. The Labute approximate surface area is 100 Å². The fourth-order valence-electron chi connectivity index (χ4n) is 2.08. The highest BCUT2D eigenvalue weighted by Gasteiger charge is 2.35. The number of thiophene rings is 1. The van der Waals surface area contributed by atoms with Crippen LogP contribution < -0.4 is 0 Å². The van der Waals surface area contributed by atoms with Gasteiger partial charge in [-0.05, 0) is 24.9 Å². The first kappa shape index (κ1) is 11.6. The zero-order valence-electron chi connectivity index (χ0n) is 9.68. The molecule has 2 rings (SSSR count). The van der Waals surface area contributed by atoms with Crippen molar-refractivity contribution in [2.75, 3.05) is 6.54 Å². The second-order valence-corrected chi connectivity index (χ2v) is 5.17. The van der Waals surface area contributed by atoms with Crippen LogP contribution in [0.25, 0.3) is 0 Å². The van der Waals surface area contributed by atoms with Gasteiger partial charge >= 0.3 is 5.97 Å². The van der Waals surface area contributed by atoms with Crippen LogP contribution in [0.2, 0.25) is 0 Å². The Kier molecular flexibility index (Phi) is 3.61. The van der Waals surface area contributed by atoms with Crippen molar-refractivity contribution in [3.63, 3.8) is 0 Å². The summed E-state index contributed by atoms with van der Waals surface area (Å²) in [5, 5.41) is 2.07. The maximum atomic E-state index is 11.7. The Bertz CT molecular complexity index is 350. The van der Waals surface area contributed by atoms with E-state index < -0.39 is 0 Å². The van der Waals surface area contributed by atoms with Crippen LogP contribution in [0.3, 0.4) is 0 Å². The van der Waals surface area contributed by atoms with E-state index in [4.69, 9.17) is 4.74 Å². The largest absolute Gasteiger partial charge is 0.461 e. The molecule has 1 aromatic heterocycles. The molecule has 1 aromatic rings. The van der Waals surface area contributed by atoms with Gasteiger partial charge in [0.05, 0.1) is 0 Å². The molecule has 0 unspecified atom stereocenters. The van der Waals surface area contributed by atoms with Gasteiger partial charge in [0.2, 0.25) is 0 Å². The van der Waals surface area contributed by atoms with Crippen molar-refractivity contribution >= 4 is 17.3 Å². The van der Waals surface area contributed by atoms with Crippen molar-refractivity contribution in [2.45, 2.75) is 39.0 Å². The van der Waals surface area contributed by atoms with Gasteiger partial charge in [-0.25, -0.2) is 0 Å². The van der Waals surface area contributed by atoms with Gasteiger partial charge in [0.25, 0.3) is 0 Å². The normalized spacial score (nSPS) is 25.1.